The van der Waals surface area contributed by atoms with Crippen LogP contribution in [0.5, 0.6) is 0 Å². The minimum absolute atomic E-state index is 0.139. The number of amidine groups is 1. The summed E-state index contributed by atoms with van der Waals surface area (Å²) in [6, 6.07) is 7.19. The third kappa shape index (κ3) is 5.30. The molecular weight excluding hydrogens is 262 g/mol. The Kier molecular flexibility index (Phi) is 5.35. The van der Waals surface area contributed by atoms with Gasteiger partial charge in [0.2, 0.25) is 15.9 Å². The standard InChI is InChI=1S/C13H21N3O2S/c1-5-10-19(17,18)15-13-8-6-12(7-9-13)14-11(2)16(3)4/h6-9,15H,5,10H2,1-4H3/p+1. The minimum atomic E-state index is -3.22. The van der Waals surface area contributed by atoms with Crippen molar-refractivity contribution in [2.75, 3.05) is 29.9 Å². The van der Waals surface area contributed by atoms with E-state index < -0.39 is 10.0 Å². The maximum atomic E-state index is 11.6. The molecule has 1 rings (SSSR count). The van der Waals surface area contributed by atoms with Gasteiger partial charge in [0.15, 0.2) is 0 Å². The van der Waals surface area contributed by atoms with E-state index in [0.717, 1.165) is 11.5 Å². The average molecular weight is 284 g/mol. The van der Waals surface area contributed by atoms with Crippen molar-refractivity contribution in [3.8, 4) is 0 Å². The van der Waals surface area contributed by atoms with E-state index >= 15 is 0 Å². The largest absolute Gasteiger partial charge is 0.284 e. The molecule has 19 heavy (non-hydrogen) atoms. The molecule has 5 nitrogen and oxygen atoms in total. The lowest BCUT2D eigenvalue weighted by atomic mass is 10.3. The van der Waals surface area contributed by atoms with Crippen LogP contribution in [0.2, 0.25) is 0 Å². The van der Waals surface area contributed by atoms with Crippen LogP contribution in [0.4, 0.5) is 11.4 Å². The first kappa shape index (κ1) is 15.5. The predicted molar refractivity (Wildman–Crippen MR) is 80.6 cm³/mol. The molecule has 0 amide bonds. The van der Waals surface area contributed by atoms with Crippen LogP contribution >= 0.6 is 0 Å². The number of hydrogen-bond donors (Lipinski definition) is 2. The summed E-state index contributed by atoms with van der Waals surface area (Å²) in [6.07, 6.45) is 0.603. The Hall–Kier alpha value is -1.56. The first-order valence-electron chi connectivity index (χ1n) is 6.22. The van der Waals surface area contributed by atoms with Gasteiger partial charge in [0, 0.05) is 12.6 Å². The van der Waals surface area contributed by atoms with Gasteiger partial charge in [0.25, 0.3) is 0 Å². The molecule has 1 aromatic rings. The van der Waals surface area contributed by atoms with Crippen molar-refractivity contribution >= 4 is 27.2 Å². The Morgan fingerprint density at radius 2 is 1.68 bits per heavy atom. The molecule has 0 aliphatic rings. The molecule has 0 saturated heterocycles. The Morgan fingerprint density at radius 1 is 1.16 bits per heavy atom. The molecule has 0 aliphatic heterocycles. The Morgan fingerprint density at radius 3 is 2.16 bits per heavy atom. The van der Waals surface area contributed by atoms with Gasteiger partial charge in [-0.1, -0.05) is 6.92 Å². The lowest BCUT2D eigenvalue weighted by Gasteiger charge is -2.07. The lowest BCUT2D eigenvalue weighted by molar-refractivity contribution is -0.464. The molecule has 0 saturated carbocycles. The summed E-state index contributed by atoms with van der Waals surface area (Å²) in [7, 11) is 0.690. The van der Waals surface area contributed by atoms with Crippen LogP contribution in [0.25, 0.3) is 0 Å². The monoisotopic (exact) mass is 284 g/mol. The fourth-order valence-electron chi connectivity index (χ4n) is 1.44. The highest BCUT2D eigenvalue weighted by atomic mass is 32.2. The summed E-state index contributed by atoms with van der Waals surface area (Å²) >= 11 is 0. The van der Waals surface area contributed by atoms with Crippen molar-refractivity contribution in [3.63, 3.8) is 0 Å². The molecule has 0 aromatic heterocycles. The van der Waals surface area contributed by atoms with Crippen LogP contribution in [0.1, 0.15) is 20.3 Å². The number of benzene rings is 1. The zero-order valence-corrected chi connectivity index (χ0v) is 12.7. The molecule has 0 unspecified atom stereocenters. The van der Waals surface area contributed by atoms with Crippen LogP contribution < -0.4 is 10.0 Å². The van der Waals surface area contributed by atoms with Gasteiger partial charge in [-0.3, -0.25) is 9.30 Å². The van der Waals surface area contributed by atoms with Crippen molar-refractivity contribution in [2.45, 2.75) is 20.3 Å². The third-order valence-corrected chi connectivity index (χ3v) is 4.12. The van der Waals surface area contributed by atoms with Crippen LogP contribution in [0, 0.1) is 0 Å². The van der Waals surface area contributed by atoms with Crippen LogP contribution in [0.3, 0.4) is 0 Å². The Bertz CT molecular complexity index is 544. The van der Waals surface area contributed by atoms with Gasteiger partial charge in [0.1, 0.15) is 5.69 Å². The summed E-state index contributed by atoms with van der Waals surface area (Å²) in [5.74, 6) is 1.15. The SMILES string of the molecule is CCCS(=O)(=O)Nc1ccc(NC(C)=[N+](C)C)cc1. The van der Waals surface area contributed by atoms with Gasteiger partial charge in [-0.25, -0.2) is 13.7 Å². The van der Waals surface area contributed by atoms with Gasteiger partial charge in [-0.2, -0.15) is 0 Å². The molecule has 2 N–H and O–H groups in total. The second-order valence-corrected chi connectivity index (χ2v) is 6.44. The van der Waals surface area contributed by atoms with E-state index in [1.807, 2.05) is 44.7 Å². The van der Waals surface area contributed by atoms with E-state index in [0.29, 0.717) is 12.1 Å². The zero-order valence-electron chi connectivity index (χ0n) is 11.9. The maximum Gasteiger partial charge on any atom is 0.246 e. The van der Waals surface area contributed by atoms with Crippen LogP contribution in [0.15, 0.2) is 24.3 Å². The first-order chi connectivity index (χ1) is 8.84. The zero-order chi connectivity index (χ0) is 14.5. The van der Waals surface area contributed by atoms with Gasteiger partial charge < -0.3 is 0 Å². The second kappa shape index (κ2) is 6.56. The van der Waals surface area contributed by atoms with Crippen molar-refractivity contribution in [1.82, 2.24) is 0 Å². The van der Waals surface area contributed by atoms with Crippen LogP contribution in [-0.4, -0.2) is 38.7 Å². The summed E-state index contributed by atoms with van der Waals surface area (Å²) in [4.78, 5) is 0. The van der Waals surface area contributed by atoms with Crippen molar-refractivity contribution in [2.24, 2.45) is 0 Å². The Labute approximate surface area is 115 Å². The summed E-state index contributed by atoms with van der Waals surface area (Å²) in [5.41, 5.74) is 1.51. The van der Waals surface area contributed by atoms with E-state index in [2.05, 4.69) is 10.0 Å². The highest BCUT2D eigenvalue weighted by Crippen LogP contribution is 2.15. The van der Waals surface area contributed by atoms with E-state index in [1.165, 1.54) is 0 Å². The van der Waals surface area contributed by atoms with Gasteiger partial charge in [-0.15, -0.1) is 0 Å². The van der Waals surface area contributed by atoms with E-state index in [9.17, 15) is 8.42 Å². The highest BCUT2D eigenvalue weighted by Gasteiger charge is 2.09. The maximum absolute atomic E-state index is 11.6. The third-order valence-electron chi connectivity index (χ3n) is 2.63. The number of nitrogens with one attached hydrogen (secondary N) is 2. The lowest BCUT2D eigenvalue weighted by Crippen LogP contribution is -2.19. The summed E-state index contributed by atoms with van der Waals surface area (Å²) in [6.45, 7) is 3.81. The van der Waals surface area contributed by atoms with Crippen molar-refractivity contribution < 1.29 is 13.0 Å². The molecule has 0 fully saturated rings. The first-order valence-corrected chi connectivity index (χ1v) is 7.87. The van der Waals surface area contributed by atoms with Crippen LogP contribution in [-0.2, 0) is 10.0 Å². The minimum Gasteiger partial charge on any atom is -0.284 e. The Balaban J connectivity index is 2.75. The number of sulfonamides is 1. The molecule has 106 valence electrons. The molecule has 0 spiro atoms. The van der Waals surface area contributed by atoms with Gasteiger partial charge in [-0.05, 0) is 30.7 Å². The van der Waals surface area contributed by atoms with E-state index in [-0.39, 0.29) is 5.75 Å². The molecule has 0 bridgehead atoms. The normalized spacial score (nSPS) is 10.9. The number of nitrogens with zero attached hydrogens (tertiary/aromatic N) is 1. The fourth-order valence-corrected chi connectivity index (χ4v) is 2.58. The molecule has 0 aliphatic carbocycles. The number of hydrogen-bond acceptors (Lipinski definition) is 2. The molecule has 6 heteroatoms. The molecular formula is C13H22N3O2S+. The molecule has 0 radical (unpaired) electrons. The van der Waals surface area contributed by atoms with E-state index in [1.54, 1.807) is 12.1 Å². The molecule has 0 atom stereocenters. The quantitative estimate of drug-likeness (QED) is 0.493. The highest BCUT2D eigenvalue weighted by molar-refractivity contribution is 7.92. The fraction of sp³-hybridized carbons (Fsp3) is 0.462. The summed E-state index contributed by atoms with van der Waals surface area (Å²) in [5, 5.41) is 3.22. The second-order valence-electron chi connectivity index (χ2n) is 4.60. The summed E-state index contributed by atoms with van der Waals surface area (Å²) < 4.78 is 27.7. The molecule has 1 aromatic carbocycles. The average Bonchev–Trinajstić information content (AvgIpc) is 2.31. The van der Waals surface area contributed by atoms with Gasteiger partial charge >= 0.3 is 0 Å². The number of rotatable bonds is 5. The predicted octanol–water partition coefficient (Wildman–Crippen LogP) is 1.94. The van der Waals surface area contributed by atoms with Gasteiger partial charge in [0.05, 0.1) is 19.8 Å². The smallest absolute Gasteiger partial charge is 0.246 e. The van der Waals surface area contributed by atoms with Crippen molar-refractivity contribution in [3.05, 3.63) is 24.3 Å². The topological polar surface area (TPSA) is 61.2 Å². The molecule has 0 heterocycles. The number of anilines is 2. The van der Waals surface area contributed by atoms with E-state index in [4.69, 9.17) is 0 Å². The van der Waals surface area contributed by atoms with Crippen molar-refractivity contribution in [1.29, 1.82) is 0 Å².